The van der Waals surface area contributed by atoms with E-state index in [9.17, 15) is 9.90 Å². The molecule has 23 heavy (non-hydrogen) atoms. The highest BCUT2D eigenvalue weighted by Crippen LogP contribution is 2.23. The van der Waals surface area contributed by atoms with Crippen molar-refractivity contribution >= 4 is 23.0 Å². The summed E-state index contributed by atoms with van der Waals surface area (Å²) < 4.78 is 0. The Morgan fingerprint density at radius 3 is 2.61 bits per heavy atom. The first kappa shape index (κ1) is 15.0. The first-order valence-electron chi connectivity index (χ1n) is 7.29. The van der Waals surface area contributed by atoms with E-state index in [1.54, 1.807) is 18.3 Å². The van der Waals surface area contributed by atoms with Gasteiger partial charge in [0, 0.05) is 17.8 Å². The Labute approximate surface area is 133 Å². The van der Waals surface area contributed by atoms with E-state index in [1.807, 2.05) is 32.9 Å². The number of aliphatic hydroxyl groups is 1. The smallest absolute Gasteiger partial charge is 0.275 e. The molecular weight excluding hydrogens is 290 g/mol. The van der Waals surface area contributed by atoms with E-state index in [4.69, 9.17) is 0 Å². The van der Waals surface area contributed by atoms with Crippen molar-refractivity contribution in [1.82, 2.24) is 15.0 Å². The van der Waals surface area contributed by atoms with E-state index in [2.05, 4.69) is 15.0 Å². The number of rotatable bonds is 2. The number of aromatic amines is 1. The van der Waals surface area contributed by atoms with Gasteiger partial charge in [-0.15, -0.1) is 0 Å². The molecule has 0 saturated carbocycles. The van der Waals surface area contributed by atoms with E-state index in [1.165, 1.54) is 6.08 Å². The van der Waals surface area contributed by atoms with E-state index in [0.717, 1.165) is 22.3 Å². The summed E-state index contributed by atoms with van der Waals surface area (Å²) in [5, 5.41) is 10.5. The number of hydrogen-bond acceptors (Lipinski definition) is 4. The summed E-state index contributed by atoms with van der Waals surface area (Å²) in [4.78, 5) is 23.1. The molecule has 0 unspecified atom stereocenters. The van der Waals surface area contributed by atoms with Crippen LogP contribution in [0.4, 0.5) is 0 Å². The van der Waals surface area contributed by atoms with Crippen LogP contribution in [0.3, 0.4) is 0 Å². The van der Waals surface area contributed by atoms with Crippen molar-refractivity contribution < 1.29 is 5.11 Å². The minimum Gasteiger partial charge on any atom is -0.507 e. The van der Waals surface area contributed by atoms with Crippen LogP contribution in [0.15, 0.2) is 35.3 Å². The highest BCUT2D eigenvalue weighted by molar-refractivity contribution is 5.80. The zero-order chi connectivity index (χ0) is 16.6. The minimum absolute atomic E-state index is 0.0289. The van der Waals surface area contributed by atoms with Gasteiger partial charge in [0.15, 0.2) is 5.65 Å². The monoisotopic (exact) mass is 307 g/mol. The molecule has 116 valence electrons. The van der Waals surface area contributed by atoms with E-state index in [-0.39, 0.29) is 17.0 Å². The summed E-state index contributed by atoms with van der Waals surface area (Å²) in [5.41, 5.74) is 4.53. The van der Waals surface area contributed by atoms with Crippen molar-refractivity contribution in [2.75, 3.05) is 0 Å². The molecule has 0 radical (unpaired) electrons. The predicted octanol–water partition coefficient (Wildman–Crippen LogP) is 3.30. The maximum absolute atomic E-state index is 12.1. The molecule has 2 heterocycles. The highest BCUT2D eigenvalue weighted by atomic mass is 16.3. The van der Waals surface area contributed by atoms with E-state index in [0.29, 0.717) is 11.2 Å². The minimum atomic E-state index is -0.384. The lowest BCUT2D eigenvalue weighted by atomic mass is 9.98. The Kier molecular flexibility index (Phi) is 3.70. The number of H-pyrrole nitrogens is 1. The third kappa shape index (κ3) is 2.85. The Hall–Kier alpha value is -2.95. The molecule has 5 nitrogen and oxygen atoms in total. The summed E-state index contributed by atoms with van der Waals surface area (Å²) in [6.07, 6.45) is 2.99. The van der Waals surface area contributed by atoms with Crippen LogP contribution >= 0.6 is 0 Å². The summed E-state index contributed by atoms with van der Waals surface area (Å²) >= 11 is 0. The molecule has 0 atom stereocenters. The number of pyridine rings is 1. The molecule has 2 aromatic heterocycles. The lowest BCUT2D eigenvalue weighted by molar-refractivity contribution is 0.514. The molecular formula is C18H17N3O2. The SMILES string of the molecule is Cc1cc(C)c(/C(O)=C/c2nc3cccnc3[nH]c2=O)c(C)c1. The quantitative estimate of drug-likeness (QED) is 0.712. The topological polar surface area (TPSA) is 78.9 Å². The van der Waals surface area contributed by atoms with Gasteiger partial charge in [0.2, 0.25) is 0 Å². The molecule has 2 N–H and O–H groups in total. The van der Waals surface area contributed by atoms with Crippen LogP contribution in [0.1, 0.15) is 27.9 Å². The Bertz CT molecular complexity index is 964. The number of aromatic nitrogens is 3. The normalized spacial score (nSPS) is 11.9. The van der Waals surface area contributed by atoms with Gasteiger partial charge in [0.05, 0.1) is 0 Å². The van der Waals surface area contributed by atoms with Gasteiger partial charge in [0.25, 0.3) is 5.56 Å². The fraction of sp³-hybridized carbons (Fsp3) is 0.167. The molecule has 0 aliphatic heterocycles. The standard InChI is InChI=1S/C18H17N3O2/c1-10-7-11(2)16(12(3)8-10)15(22)9-14-18(23)21-17-13(20-14)5-4-6-19-17/h4-9,22H,1-3H3,(H,19,21,23)/b15-9-. The van der Waals surface area contributed by atoms with Crippen LogP contribution in [-0.4, -0.2) is 20.1 Å². The summed E-state index contributed by atoms with van der Waals surface area (Å²) in [5.74, 6) is 0.0289. The molecule has 0 amide bonds. The van der Waals surface area contributed by atoms with E-state index < -0.39 is 0 Å². The van der Waals surface area contributed by atoms with Gasteiger partial charge in [-0.3, -0.25) is 4.79 Å². The van der Waals surface area contributed by atoms with Gasteiger partial charge in [-0.1, -0.05) is 17.7 Å². The average Bonchev–Trinajstić information content (AvgIpc) is 2.47. The lowest BCUT2D eigenvalue weighted by Crippen LogP contribution is -2.12. The summed E-state index contributed by atoms with van der Waals surface area (Å²) in [6, 6.07) is 7.49. The van der Waals surface area contributed by atoms with Gasteiger partial charge in [0.1, 0.15) is 17.0 Å². The molecule has 0 bridgehead atoms. The molecule has 5 heteroatoms. The number of nitrogens with one attached hydrogen (secondary N) is 1. The van der Waals surface area contributed by atoms with Crippen LogP contribution < -0.4 is 5.56 Å². The van der Waals surface area contributed by atoms with Crippen molar-refractivity contribution in [3.8, 4) is 0 Å². The number of aryl methyl sites for hydroxylation is 3. The second-order valence-corrected chi connectivity index (χ2v) is 5.63. The number of benzene rings is 1. The Balaban J connectivity index is 2.15. The van der Waals surface area contributed by atoms with Crippen LogP contribution in [0.2, 0.25) is 0 Å². The third-order valence-corrected chi connectivity index (χ3v) is 3.70. The average molecular weight is 307 g/mol. The fourth-order valence-electron chi connectivity index (χ4n) is 2.82. The molecule has 0 spiro atoms. The third-order valence-electron chi connectivity index (χ3n) is 3.70. The second-order valence-electron chi connectivity index (χ2n) is 5.63. The predicted molar refractivity (Wildman–Crippen MR) is 91.3 cm³/mol. The van der Waals surface area contributed by atoms with Gasteiger partial charge in [-0.25, -0.2) is 9.97 Å². The fourth-order valence-corrected chi connectivity index (χ4v) is 2.82. The molecule has 0 aliphatic rings. The van der Waals surface area contributed by atoms with Gasteiger partial charge >= 0.3 is 0 Å². The molecule has 1 aromatic carbocycles. The van der Waals surface area contributed by atoms with Crippen molar-refractivity contribution in [3.63, 3.8) is 0 Å². The molecule has 3 rings (SSSR count). The van der Waals surface area contributed by atoms with Crippen LogP contribution in [0, 0.1) is 20.8 Å². The van der Waals surface area contributed by atoms with Crippen molar-refractivity contribution in [2.24, 2.45) is 0 Å². The number of nitrogens with zero attached hydrogens (tertiary/aromatic N) is 2. The maximum Gasteiger partial charge on any atom is 0.275 e. The first-order chi connectivity index (χ1) is 11.0. The van der Waals surface area contributed by atoms with Gasteiger partial charge in [-0.2, -0.15) is 0 Å². The second kappa shape index (κ2) is 5.68. The van der Waals surface area contributed by atoms with Gasteiger partial charge < -0.3 is 10.1 Å². The molecule has 0 fully saturated rings. The summed E-state index contributed by atoms with van der Waals surface area (Å²) in [7, 11) is 0. The Morgan fingerprint density at radius 2 is 1.91 bits per heavy atom. The van der Waals surface area contributed by atoms with E-state index >= 15 is 0 Å². The number of fused-ring (bicyclic) bond motifs is 1. The largest absolute Gasteiger partial charge is 0.507 e. The number of hydrogen-bond donors (Lipinski definition) is 2. The summed E-state index contributed by atoms with van der Waals surface area (Å²) in [6.45, 7) is 5.87. The number of aliphatic hydroxyl groups excluding tert-OH is 1. The molecule has 3 aromatic rings. The molecule has 0 saturated heterocycles. The van der Waals surface area contributed by atoms with Crippen LogP contribution in [0.5, 0.6) is 0 Å². The van der Waals surface area contributed by atoms with Crippen molar-refractivity contribution in [1.29, 1.82) is 0 Å². The van der Waals surface area contributed by atoms with Gasteiger partial charge in [-0.05, 0) is 44.0 Å². The van der Waals surface area contributed by atoms with Crippen LogP contribution in [0.25, 0.3) is 23.0 Å². The zero-order valence-corrected chi connectivity index (χ0v) is 13.2. The molecule has 0 aliphatic carbocycles. The van der Waals surface area contributed by atoms with Crippen molar-refractivity contribution in [3.05, 3.63) is 68.8 Å². The van der Waals surface area contributed by atoms with Crippen LogP contribution in [-0.2, 0) is 0 Å². The maximum atomic E-state index is 12.1. The Morgan fingerprint density at radius 1 is 1.22 bits per heavy atom. The first-order valence-corrected chi connectivity index (χ1v) is 7.29. The lowest BCUT2D eigenvalue weighted by Gasteiger charge is -2.10. The van der Waals surface area contributed by atoms with Crippen molar-refractivity contribution in [2.45, 2.75) is 20.8 Å². The highest BCUT2D eigenvalue weighted by Gasteiger charge is 2.10. The zero-order valence-electron chi connectivity index (χ0n) is 13.2.